The Morgan fingerprint density at radius 3 is 0.450 bits per heavy atom. The van der Waals surface area contributed by atoms with Gasteiger partial charge >= 0.3 is 0 Å². The zero-order valence-electron chi connectivity index (χ0n) is 85.3. The molecule has 0 unspecified atom stereocenters. The minimum Gasteiger partial charge on any atom is -0.497 e. The molecule has 8 atom stereocenters. The first-order valence-corrected chi connectivity index (χ1v) is 53.1. The molecule has 0 aliphatic carbocycles. The second-order valence-electron chi connectivity index (χ2n) is 33.8. The Labute approximate surface area is 837 Å². The zero-order chi connectivity index (χ0) is 103. The lowest BCUT2D eigenvalue weighted by Gasteiger charge is -2.31. The molecule has 0 spiro atoms. The van der Waals surface area contributed by atoms with Crippen molar-refractivity contribution in [1.82, 2.24) is 17.2 Å². The number of hydrogen-bond donors (Lipinski definition) is 0. The van der Waals surface area contributed by atoms with E-state index in [1.807, 2.05) is 222 Å². The summed E-state index contributed by atoms with van der Waals surface area (Å²) in [4.78, 5) is 0. The molecule has 0 aliphatic heterocycles. The van der Waals surface area contributed by atoms with E-state index in [2.05, 4.69) is 26.3 Å². The number of ether oxygens (including phenoxy) is 16. The SMILES string of the molecule is C=CC[C@@H](C)[C@@H](CCOCCOC)S(=O)(=O)N(Cc1ccc(OC)cc1)Cc1ccc(OC)cc1.C=CC[C@@H](C)[C@H](CCOCCOC)S(=O)(=O)N(Cc1ccc(OC)cc1)Cc1ccc(OC)cc1.C=CC[C@H](C)[C@@H](CCOCCOC)S(=O)(=O)N(Cc1ccc(OC)cc1)Cc1ccc(OC)cc1.C=CC[C@H](C)[C@H](CCOCCOC)S(=O)(=O)N(Cc1ccc(OC)cc1)Cc1ccc(OC)cc1. The quantitative estimate of drug-likeness (QED) is 0.0253. The molecule has 0 bridgehead atoms. The largest absolute Gasteiger partial charge is 0.497 e. The first-order valence-electron chi connectivity index (χ1n) is 47.1. The molecule has 8 rings (SSSR count). The summed E-state index contributed by atoms with van der Waals surface area (Å²) in [5.74, 6) is 5.35. The van der Waals surface area contributed by atoms with Crippen LogP contribution in [0, 0.1) is 23.7 Å². The number of rotatable bonds is 68. The van der Waals surface area contributed by atoms with E-state index >= 15 is 0 Å². The molecule has 0 N–H and O–H groups in total. The molecule has 140 heavy (non-hydrogen) atoms. The van der Waals surface area contributed by atoms with E-state index in [0.29, 0.717) is 131 Å². The Bertz CT molecular complexity index is 4360. The highest BCUT2D eigenvalue weighted by atomic mass is 32.2. The van der Waals surface area contributed by atoms with Gasteiger partial charge in [0.05, 0.1) is 131 Å². The van der Waals surface area contributed by atoms with Crippen LogP contribution < -0.4 is 37.9 Å². The van der Waals surface area contributed by atoms with Gasteiger partial charge < -0.3 is 75.8 Å². The minimum atomic E-state index is -3.69. The molecule has 0 saturated heterocycles. The average Bonchev–Trinajstić information content (AvgIpc) is 0.810. The molecule has 8 aromatic rings. The van der Waals surface area contributed by atoms with Gasteiger partial charge in [-0.25, -0.2) is 33.7 Å². The van der Waals surface area contributed by atoms with Crippen molar-refractivity contribution in [3.05, 3.63) is 289 Å². The van der Waals surface area contributed by atoms with E-state index in [4.69, 9.17) is 75.8 Å². The minimum absolute atomic E-state index is 0.113. The molecule has 776 valence electrons. The van der Waals surface area contributed by atoms with Gasteiger partial charge in [-0.1, -0.05) is 149 Å². The Kier molecular flexibility index (Phi) is 57.9. The lowest BCUT2D eigenvalue weighted by Crippen LogP contribution is -2.41. The summed E-state index contributed by atoms with van der Waals surface area (Å²) in [5.41, 5.74) is 7.07. The second kappa shape index (κ2) is 67.1. The number of sulfonamides is 4. The van der Waals surface area contributed by atoms with Crippen LogP contribution in [0.25, 0.3) is 0 Å². The van der Waals surface area contributed by atoms with Crippen LogP contribution in [-0.2, 0) is 130 Å². The Balaban J connectivity index is 0.000000329. The molecular formula is C108H156N4O24S4. The molecule has 0 saturated carbocycles. The normalized spacial score (nSPS) is 13.4. The van der Waals surface area contributed by atoms with E-state index in [1.165, 1.54) is 0 Å². The van der Waals surface area contributed by atoms with Crippen LogP contribution in [0.1, 0.15) is 124 Å². The summed E-state index contributed by atoms with van der Waals surface area (Å²) in [6.07, 6.45) is 11.1. The Morgan fingerprint density at radius 1 is 0.214 bits per heavy atom. The zero-order valence-corrected chi connectivity index (χ0v) is 88.5. The third-order valence-corrected chi connectivity index (χ3v) is 33.5. The fourth-order valence-electron chi connectivity index (χ4n) is 15.5. The third kappa shape index (κ3) is 42.2. The van der Waals surface area contributed by atoms with Crippen LogP contribution in [0.15, 0.2) is 245 Å². The summed E-state index contributed by atoms with van der Waals surface area (Å²) >= 11 is 0. The second-order valence-corrected chi connectivity index (χ2v) is 42.4. The van der Waals surface area contributed by atoms with E-state index in [9.17, 15) is 33.7 Å². The van der Waals surface area contributed by atoms with Crippen molar-refractivity contribution < 1.29 is 109 Å². The van der Waals surface area contributed by atoms with Gasteiger partial charge in [0.15, 0.2) is 0 Å². The van der Waals surface area contributed by atoms with Gasteiger partial charge in [-0.2, -0.15) is 17.2 Å². The average molecular weight is 2020 g/mol. The van der Waals surface area contributed by atoms with Crippen molar-refractivity contribution in [2.75, 3.05) is 165 Å². The fourth-order valence-corrected chi connectivity index (χ4v) is 24.1. The monoisotopic (exact) mass is 2020 g/mol. The molecule has 0 aromatic heterocycles. The molecule has 8 aromatic carbocycles. The topological polar surface area (TPSA) is 297 Å². The highest BCUT2D eigenvalue weighted by molar-refractivity contribution is 7.90. The van der Waals surface area contributed by atoms with Gasteiger partial charge in [-0.15, -0.1) is 26.3 Å². The van der Waals surface area contributed by atoms with Gasteiger partial charge in [-0.3, -0.25) is 0 Å². The molecule has 0 heterocycles. The maximum absolute atomic E-state index is 14.1. The third-order valence-electron chi connectivity index (χ3n) is 23.7. The van der Waals surface area contributed by atoms with Crippen LogP contribution in [0.4, 0.5) is 0 Å². The summed E-state index contributed by atoms with van der Waals surface area (Å²) in [6.45, 7) is 30.1. The van der Waals surface area contributed by atoms with Crippen molar-refractivity contribution in [3.63, 3.8) is 0 Å². The molecule has 0 radical (unpaired) electrons. The van der Waals surface area contributed by atoms with Crippen molar-refractivity contribution in [2.45, 2.75) is 152 Å². The van der Waals surface area contributed by atoms with Gasteiger partial charge in [-0.05, 0) is 217 Å². The van der Waals surface area contributed by atoms with Crippen molar-refractivity contribution in [3.8, 4) is 46.0 Å². The molecule has 0 amide bonds. The molecule has 32 heteroatoms. The van der Waals surface area contributed by atoms with Crippen molar-refractivity contribution >= 4 is 40.1 Å². The lowest BCUT2D eigenvalue weighted by molar-refractivity contribution is 0.0676. The molecular weight excluding hydrogens is 1870 g/mol. The van der Waals surface area contributed by atoms with Crippen LogP contribution in [0.3, 0.4) is 0 Å². The summed E-state index contributed by atoms with van der Waals surface area (Å²) in [6, 6.07) is 59.8. The van der Waals surface area contributed by atoms with Crippen molar-refractivity contribution in [1.29, 1.82) is 0 Å². The van der Waals surface area contributed by atoms with Crippen molar-refractivity contribution in [2.24, 2.45) is 23.7 Å². The van der Waals surface area contributed by atoms with Gasteiger partial charge in [0.1, 0.15) is 46.0 Å². The van der Waals surface area contributed by atoms with Crippen LogP contribution in [0.5, 0.6) is 46.0 Å². The lowest BCUT2D eigenvalue weighted by atomic mass is 10.0. The maximum Gasteiger partial charge on any atom is 0.217 e. The van der Waals surface area contributed by atoms with Gasteiger partial charge in [0, 0.05) is 107 Å². The van der Waals surface area contributed by atoms with E-state index in [1.54, 1.807) is 127 Å². The van der Waals surface area contributed by atoms with Crippen LogP contribution in [-0.4, -0.2) is 236 Å². The smallest absolute Gasteiger partial charge is 0.217 e. The standard InChI is InChI=1S/4C27H39NO6S/c4*1-6-7-22(2)27(16-17-34-19-18-31-3)35(29,30)28(20-23-8-12-25(32-4)13-9-23)21-24-10-14-26(33-5)15-11-24/h4*6,8-15,22,27H,1,7,16-21H2,2-5H3/t2*22-,27+;2*22-,27-/m1010/s1. The predicted molar refractivity (Wildman–Crippen MR) is 557 cm³/mol. The Hall–Kier alpha value is -9.56. The first-order chi connectivity index (χ1) is 67.4. The van der Waals surface area contributed by atoms with Crippen LogP contribution in [0.2, 0.25) is 0 Å². The van der Waals surface area contributed by atoms with Gasteiger partial charge in [0.25, 0.3) is 0 Å². The number of nitrogens with zero attached hydrogens (tertiary/aromatic N) is 4. The number of allylic oxidation sites excluding steroid dienone is 4. The van der Waals surface area contributed by atoms with E-state index in [0.717, 1.165) is 90.5 Å². The highest BCUT2D eigenvalue weighted by Crippen LogP contribution is 2.35. The molecule has 0 fully saturated rings. The molecule has 28 nitrogen and oxygen atoms in total. The van der Waals surface area contributed by atoms with Crippen LogP contribution >= 0.6 is 0 Å². The molecule has 0 aliphatic rings. The number of hydrogen-bond acceptors (Lipinski definition) is 24. The summed E-state index contributed by atoms with van der Waals surface area (Å²) in [5, 5.41) is -2.45. The number of benzene rings is 8. The summed E-state index contributed by atoms with van der Waals surface area (Å²) < 4.78 is 204. The summed E-state index contributed by atoms with van der Waals surface area (Å²) in [7, 11) is 4.52. The number of methoxy groups -OCH3 is 12. The maximum atomic E-state index is 14.1. The van der Waals surface area contributed by atoms with E-state index in [-0.39, 0.29) is 76.0 Å². The predicted octanol–water partition coefficient (Wildman–Crippen LogP) is 18.7. The highest BCUT2D eigenvalue weighted by Gasteiger charge is 2.40. The Morgan fingerprint density at radius 2 is 0.343 bits per heavy atom. The van der Waals surface area contributed by atoms with Gasteiger partial charge in [0.2, 0.25) is 40.1 Å². The van der Waals surface area contributed by atoms with E-state index < -0.39 is 61.1 Å². The fraction of sp³-hybridized carbons (Fsp3) is 0.481. The first kappa shape index (κ1) is 121.